The summed E-state index contributed by atoms with van der Waals surface area (Å²) in [7, 11) is 0. The van der Waals surface area contributed by atoms with Gasteiger partial charge in [-0.15, -0.1) is 0 Å². The quantitative estimate of drug-likeness (QED) is 0.772. The zero-order chi connectivity index (χ0) is 22.5. The van der Waals surface area contributed by atoms with Crippen LogP contribution in [0.3, 0.4) is 0 Å². The summed E-state index contributed by atoms with van der Waals surface area (Å²) >= 11 is 0. The molecule has 1 saturated carbocycles. The van der Waals surface area contributed by atoms with Crippen molar-refractivity contribution in [3.63, 3.8) is 0 Å². The van der Waals surface area contributed by atoms with Crippen molar-refractivity contribution in [1.82, 2.24) is 19.9 Å². The summed E-state index contributed by atoms with van der Waals surface area (Å²) in [5, 5.41) is 3.32. The number of anilines is 3. The van der Waals surface area contributed by atoms with Crippen molar-refractivity contribution >= 4 is 23.5 Å². The maximum absolute atomic E-state index is 12.4. The average molecular weight is 437 g/mol. The molecule has 2 aromatic heterocycles. The van der Waals surface area contributed by atoms with Crippen LogP contribution in [0.2, 0.25) is 0 Å². The Morgan fingerprint density at radius 3 is 2.34 bits per heavy atom. The molecule has 8 heteroatoms. The molecule has 2 atom stereocenters. The molecule has 0 aromatic carbocycles. The topological polar surface area (TPSA) is 83.5 Å². The van der Waals surface area contributed by atoms with Gasteiger partial charge >= 0.3 is 6.09 Å². The molecule has 32 heavy (non-hydrogen) atoms. The van der Waals surface area contributed by atoms with Crippen molar-refractivity contribution in [1.29, 1.82) is 0 Å². The van der Waals surface area contributed by atoms with Gasteiger partial charge in [-0.3, -0.25) is 4.98 Å². The van der Waals surface area contributed by atoms with Crippen LogP contribution in [-0.2, 0) is 4.74 Å². The first-order valence-corrected chi connectivity index (χ1v) is 11.5. The predicted octanol–water partition coefficient (Wildman–Crippen LogP) is 4.10. The van der Waals surface area contributed by atoms with Crippen LogP contribution in [-0.4, -0.2) is 57.7 Å². The Morgan fingerprint density at radius 2 is 1.75 bits per heavy atom. The van der Waals surface area contributed by atoms with Crippen LogP contribution >= 0.6 is 0 Å². The van der Waals surface area contributed by atoms with Crippen molar-refractivity contribution in [2.45, 2.75) is 52.1 Å². The normalized spacial score (nSPS) is 22.8. The minimum Gasteiger partial charge on any atom is -0.444 e. The molecule has 2 aromatic rings. The number of carbonyl (C=O) groups is 1. The molecule has 1 N–H and O–H groups in total. The van der Waals surface area contributed by atoms with Gasteiger partial charge in [-0.2, -0.15) is 0 Å². The fraction of sp³-hybridized carbons (Fsp3) is 0.583. The molecule has 1 aliphatic carbocycles. The van der Waals surface area contributed by atoms with E-state index in [-0.39, 0.29) is 12.0 Å². The Labute approximate surface area is 189 Å². The lowest BCUT2D eigenvalue weighted by Gasteiger charge is -2.40. The van der Waals surface area contributed by atoms with Gasteiger partial charge in [-0.25, -0.2) is 14.8 Å². The van der Waals surface area contributed by atoms with Gasteiger partial charge in [0.15, 0.2) is 0 Å². The summed E-state index contributed by atoms with van der Waals surface area (Å²) in [5.41, 5.74) is 1.59. The molecule has 170 valence electrons. The fourth-order valence-corrected chi connectivity index (χ4v) is 4.70. The third-order valence-electron chi connectivity index (χ3n) is 6.68. The monoisotopic (exact) mass is 436 g/mol. The van der Waals surface area contributed by atoms with E-state index in [1.165, 1.54) is 18.4 Å². The van der Waals surface area contributed by atoms with E-state index in [2.05, 4.69) is 32.3 Å². The van der Waals surface area contributed by atoms with Gasteiger partial charge in [-0.05, 0) is 70.1 Å². The zero-order valence-electron chi connectivity index (χ0n) is 19.3. The standard InChI is InChI=1S/C24H32N6O2/c1-15-9-26-21(10-25-15)27-20-7-18(19-13-30(14-19)23(31)32-24(2,3)4)8-22(28-20)29-11-16-5-6-17(16)12-29/h7-10,16-17,19H,5-6,11-14H2,1-4H3,(H,26,27,28). The largest absolute Gasteiger partial charge is 0.444 e. The van der Waals surface area contributed by atoms with E-state index in [0.29, 0.717) is 18.9 Å². The highest BCUT2D eigenvalue weighted by molar-refractivity contribution is 5.70. The minimum atomic E-state index is -0.479. The van der Waals surface area contributed by atoms with Crippen molar-refractivity contribution in [2.24, 2.45) is 11.8 Å². The predicted molar refractivity (Wildman–Crippen MR) is 123 cm³/mol. The Bertz CT molecular complexity index is 985. The molecule has 3 aliphatic rings. The fourth-order valence-electron chi connectivity index (χ4n) is 4.70. The lowest BCUT2D eigenvalue weighted by Crippen LogP contribution is -2.50. The van der Waals surface area contributed by atoms with Crippen molar-refractivity contribution in [2.75, 3.05) is 36.4 Å². The molecule has 2 aliphatic heterocycles. The smallest absolute Gasteiger partial charge is 0.410 e. The summed E-state index contributed by atoms with van der Waals surface area (Å²) < 4.78 is 5.51. The van der Waals surface area contributed by atoms with Crippen LogP contribution in [0.5, 0.6) is 0 Å². The van der Waals surface area contributed by atoms with E-state index in [4.69, 9.17) is 9.72 Å². The van der Waals surface area contributed by atoms with E-state index < -0.39 is 5.60 Å². The number of aromatic nitrogens is 3. The summed E-state index contributed by atoms with van der Waals surface area (Å²) in [5.74, 6) is 4.35. The lowest BCUT2D eigenvalue weighted by molar-refractivity contribution is 0.00820. The van der Waals surface area contributed by atoms with E-state index in [9.17, 15) is 4.79 Å². The first-order chi connectivity index (χ1) is 15.2. The van der Waals surface area contributed by atoms with Gasteiger partial charge < -0.3 is 19.9 Å². The zero-order valence-corrected chi connectivity index (χ0v) is 19.3. The Hall–Kier alpha value is -2.90. The van der Waals surface area contributed by atoms with Crippen molar-refractivity contribution in [3.05, 3.63) is 35.8 Å². The molecule has 8 nitrogen and oxygen atoms in total. The Morgan fingerprint density at radius 1 is 1.03 bits per heavy atom. The van der Waals surface area contributed by atoms with Crippen molar-refractivity contribution in [3.8, 4) is 0 Å². The number of fused-ring (bicyclic) bond motifs is 1. The van der Waals surface area contributed by atoms with Crippen LogP contribution in [0.4, 0.5) is 22.2 Å². The van der Waals surface area contributed by atoms with Gasteiger partial charge in [0.1, 0.15) is 23.1 Å². The maximum Gasteiger partial charge on any atom is 0.410 e. The van der Waals surface area contributed by atoms with E-state index in [0.717, 1.165) is 42.3 Å². The number of likely N-dealkylation sites (tertiary alicyclic amines) is 1. The first-order valence-electron chi connectivity index (χ1n) is 11.5. The van der Waals surface area contributed by atoms with Crippen molar-refractivity contribution < 1.29 is 9.53 Å². The molecule has 5 rings (SSSR count). The SMILES string of the molecule is Cc1cnc(Nc2cc(C3CN(C(=O)OC(C)(C)C)C3)cc(N3CC4CCC4C3)n2)cn1. The number of nitrogens with one attached hydrogen (secondary N) is 1. The Balaban J connectivity index is 1.35. The highest BCUT2D eigenvalue weighted by atomic mass is 16.6. The van der Waals surface area contributed by atoms with Gasteiger partial charge in [-0.1, -0.05) is 0 Å². The van der Waals surface area contributed by atoms with E-state index >= 15 is 0 Å². The average Bonchev–Trinajstić information content (AvgIpc) is 2.95. The minimum absolute atomic E-state index is 0.243. The second-order valence-electron chi connectivity index (χ2n) is 10.4. The second kappa shape index (κ2) is 7.90. The number of nitrogens with zero attached hydrogens (tertiary/aromatic N) is 5. The van der Waals surface area contributed by atoms with Crippen LogP contribution in [0.1, 0.15) is 50.8 Å². The molecular weight excluding hydrogens is 404 g/mol. The first kappa shape index (κ1) is 21.0. The van der Waals surface area contributed by atoms with E-state index in [1.54, 1.807) is 17.3 Å². The van der Waals surface area contributed by atoms with Crippen LogP contribution in [0.25, 0.3) is 0 Å². The van der Waals surface area contributed by atoms with Gasteiger partial charge in [0.25, 0.3) is 0 Å². The third kappa shape index (κ3) is 4.36. The van der Waals surface area contributed by atoms with E-state index in [1.807, 2.05) is 27.7 Å². The number of carbonyl (C=O) groups excluding carboxylic acids is 1. The third-order valence-corrected chi connectivity index (χ3v) is 6.68. The maximum atomic E-state index is 12.4. The highest BCUT2D eigenvalue weighted by Gasteiger charge is 2.40. The number of rotatable bonds is 4. The molecule has 1 amide bonds. The van der Waals surface area contributed by atoms with Gasteiger partial charge in [0.2, 0.25) is 0 Å². The number of hydrogen-bond acceptors (Lipinski definition) is 7. The molecule has 0 radical (unpaired) electrons. The Kier molecular flexibility index (Phi) is 5.18. The molecule has 4 heterocycles. The van der Waals surface area contributed by atoms with Crippen LogP contribution in [0, 0.1) is 18.8 Å². The number of ether oxygens (including phenoxy) is 1. The second-order valence-corrected chi connectivity index (χ2v) is 10.4. The number of pyridine rings is 1. The summed E-state index contributed by atoms with van der Waals surface area (Å²) in [6.07, 6.45) is 5.90. The van der Waals surface area contributed by atoms with Crippen LogP contribution in [0.15, 0.2) is 24.5 Å². The molecule has 3 fully saturated rings. The van der Waals surface area contributed by atoms with Crippen LogP contribution < -0.4 is 10.2 Å². The number of amides is 1. The number of aryl methyl sites for hydroxylation is 1. The molecule has 2 unspecified atom stereocenters. The highest BCUT2D eigenvalue weighted by Crippen LogP contribution is 2.42. The van der Waals surface area contributed by atoms with Gasteiger partial charge in [0.05, 0.1) is 18.1 Å². The summed E-state index contributed by atoms with van der Waals surface area (Å²) in [4.78, 5) is 30.2. The summed E-state index contributed by atoms with van der Waals surface area (Å²) in [6.45, 7) is 11.1. The summed E-state index contributed by atoms with van der Waals surface area (Å²) in [6, 6.07) is 4.28. The molecule has 0 spiro atoms. The lowest BCUT2D eigenvalue weighted by atomic mass is 9.77. The molecule has 2 saturated heterocycles. The van der Waals surface area contributed by atoms with Gasteiger partial charge in [0, 0.05) is 32.1 Å². The molecular formula is C24H32N6O2. The number of hydrogen-bond donors (Lipinski definition) is 1. The molecule has 0 bridgehead atoms.